The van der Waals surface area contributed by atoms with E-state index in [0.717, 1.165) is 27.4 Å². The van der Waals surface area contributed by atoms with E-state index >= 15 is 0 Å². The Hall–Kier alpha value is -2.93. The Labute approximate surface area is 212 Å². The fourth-order valence-corrected chi connectivity index (χ4v) is 5.10. The summed E-state index contributed by atoms with van der Waals surface area (Å²) in [5.41, 5.74) is 3.56. The zero-order chi connectivity index (χ0) is 24.2. The zero-order valence-corrected chi connectivity index (χ0v) is 21.0. The molecule has 0 aliphatic rings. The molecular formula is C26H23Cl2N3O2S. The number of ketones is 1. The molecule has 5 nitrogen and oxygen atoms in total. The standard InChI is InChI=1S/C26H23Cl2N3O2S/c1-16(32)10-11-29-26(33)25-9-8-24(34-25)17(2)31-23(18-6-4-3-5-7-18)15-22(30-31)19-12-20(27)14-21(28)13-19/h3-9,12-15,17H,10-11H2,1-2H3,(H,29,33). The topological polar surface area (TPSA) is 64.0 Å². The first-order valence-corrected chi connectivity index (χ1v) is 12.4. The number of hydrogen-bond acceptors (Lipinski definition) is 4. The molecule has 0 fully saturated rings. The van der Waals surface area contributed by atoms with Gasteiger partial charge in [0.2, 0.25) is 0 Å². The zero-order valence-electron chi connectivity index (χ0n) is 18.7. The maximum atomic E-state index is 12.5. The third-order valence-electron chi connectivity index (χ3n) is 5.36. The van der Waals surface area contributed by atoms with Crippen molar-refractivity contribution in [3.05, 3.63) is 86.5 Å². The smallest absolute Gasteiger partial charge is 0.261 e. The van der Waals surface area contributed by atoms with Gasteiger partial charge in [-0.15, -0.1) is 11.3 Å². The Bertz CT molecular complexity index is 1310. The summed E-state index contributed by atoms with van der Waals surface area (Å²) in [5.74, 6) is -0.132. The number of nitrogens with one attached hydrogen (secondary N) is 1. The quantitative estimate of drug-likeness (QED) is 0.279. The molecule has 174 valence electrons. The number of carbonyl (C=O) groups is 2. The van der Waals surface area contributed by atoms with Gasteiger partial charge in [-0.3, -0.25) is 14.3 Å². The first-order chi connectivity index (χ1) is 16.3. The normalized spacial score (nSPS) is 11.9. The van der Waals surface area contributed by atoms with E-state index in [2.05, 4.69) is 12.2 Å². The number of nitrogens with zero attached hydrogens (tertiary/aromatic N) is 2. The molecule has 4 aromatic rings. The molecule has 0 radical (unpaired) electrons. The second-order valence-electron chi connectivity index (χ2n) is 7.97. The minimum Gasteiger partial charge on any atom is -0.351 e. The molecule has 34 heavy (non-hydrogen) atoms. The number of aromatic nitrogens is 2. The number of rotatable bonds is 8. The molecule has 0 saturated carbocycles. The van der Waals surface area contributed by atoms with Gasteiger partial charge in [0.25, 0.3) is 5.91 Å². The van der Waals surface area contributed by atoms with Gasteiger partial charge in [-0.1, -0.05) is 53.5 Å². The highest BCUT2D eigenvalue weighted by Crippen LogP contribution is 2.34. The summed E-state index contributed by atoms with van der Waals surface area (Å²) >= 11 is 13.9. The largest absolute Gasteiger partial charge is 0.351 e. The maximum Gasteiger partial charge on any atom is 0.261 e. The average Bonchev–Trinajstić information content (AvgIpc) is 3.46. The predicted octanol–water partition coefficient (Wildman–Crippen LogP) is 6.90. The minimum atomic E-state index is -0.178. The molecule has 1 unspecified atom stereocenters. The third-order valence-corrected chi connectivity index (χ3v) is 7.05. The Morgan fingerprint density at radius 1 is 1.00 bits per heavy atom. The van der Waals surface area contributed by atoms with Gasteiger partial charge in [-0.25, -0.2) is 0 Å². The molecule has 0 spiro atoms. The van der Waals surface area contributed by atoms with Crippen LogP contribution < -0.4 is 5.32 Å². The van der Waals surface area contributed by atoms with Crippen LogP contribution in [0.1, 0.15) is 40.9 Å². The second kappa shape index (κ2) is 10.6. The number of amides is 1. The molecular weight excluding hydrogens is 489 g/mol. The average molecular weight is 512 g/mol. The van der Waals surface area contributed by atoms with Crippen LogP contribution in [-0.2, 0) is 4.79 Å². The van der Waals surface area contributed by atoms with Crippen molar-refractivity contribution in [1.82, 2.24) is 15.1 Å². The molecule has 2 aromatic heterocycles. The van der Waals surface area contributed by atoms with Gasteiger partial charge in [0.15, 0.2) is 0 Å². The number of thiophene rings is 1. The van der Waals surface area contributed by atoms with Crippen LogP contribution in [0.3, 0.4) is 0 Å². The Kier molecular flexibility index (Phi) is 7.51. The van der Waals surface area contributed by atoms with E-state index in [1.54, 1.807) is 6.07 Å². The van der Waals surface area contributed by atoms with Crippen molar-refractivity contribution in [2.75, 3.05) is 6.54 Å². The Balaban J connectivity index is 1.68. The number of Topliss-reactive ketones (excluding diaryl/α,β-unsaturated/α-hetero) is 1. The summed E-state index contributed by atoms with van der Waals surface area (Å²) in [7, 11) is 0. The lowest BCUT2D eigenvalue weighted by Gasteiger charge is -2.14. The van der Waals surface area contributed by atoms with Gasteiger partial charge < -0.3 is 5.32 Å². The number of halogens is 2. The van der Waals surface area contributed by atoms with Crippen LogP contribution in [0.2, 0.25) is 10.0 Å². The van der Waals surface area contributed by atoms with Gasteiger partial charge in [-0.2, -0.15) is 5.10 Å². The molecule has 0 saturated heterocycles. The van der Waals surface area contributed by atoms with Crippen molar-refractivity contribution in [3.8, 4) is 22.5 Å². The van der Waals surface area contributed by atoms with Crippen molar-refractivity contribution in [2.24, 2.45) is 0 Å². The van der Waals surface area contributed by atoms with Gasteiger partial charge in [0, 0.05) is 33.5 Å². The van der Waals surface area contributed by atoms with Crippen LogP contribution in [0.4, 0.5) is 0 Å². The fourth-order valence-electron chi connectivity index (χ4n) is 3.62. The fraction of sp³-hybridized carbons (Fsp3) is 0.192. The lowest BCUT2D eigenvalue weighted by molar-refractivity contribution is -0.116. The Morgan fingerprint density at radius 2 is 1.71 bits per heavy atom. The summed E-state index contributed by atoms with van der Waals surface area (Å²) in [6, 6.07) is 21.1. The molecule has 8 heteroatoms. The van der Waals surface area contributed by atoms with E-state index in [1.807, 2.05) is 65.3 Å². The highest BCUT2D eigenvalue weighted by molar-refractivity contribution is 7.14. The van der Waals surface area contributed by atoms with Crippen molar-refractivity contribution >= 4 is 46.2 Å². The monoisotopic (exact) mass is 511 g/mol. The highest BCUT2D eigenvalue weighted by Gasteiger charge is 2.20. The van der Waals surface area contributed by atoms with E-state index < -0.39 is 0 Å². The molecule has 0 aliphatic heterocycles. The Morgan fingerprint density at radius 3 is 2.38 bits per heavy atom. The van der Waals surface area contributed by atoms with E-state index in [0.29, 0.717) is 27.9 Å². The number of carbonyl (C=O) groups excluding carboxylic acids is 2. The molecule has 1 amide bonds. The summed E-state index contributed by atoms with van der Waals surface area (Å²) < 4.78 is 1.96. The van der Waals surface area contributed by atoms with E-state index in [1.165, 1.54) is 18.3 Å². The van der Waals surface area contributed by atoms with Crippen LogP contribution in [0.5, 0.6) is 0 Å². The van der Waals surface area contributed by atoms with Gasteiger partial charge >= 0.3 is 0 Å². The van der Waals surface area contributed by atoms with Crippen LogP contribution in [-0.4, -0.2) is 28.0 Å². The molecule has 4 rings (SSSR count). The summed E-state index contributed by atoms with van der Waals surface area (Å²) in [4.78, 5) is 25.2. The van der Waals surface area contributed by atoms with Gasteiger partial charge in [0.05, 0.1) is 22.3 Å². The summed E-state index contributed by atoms with van der Waals surface area (Å²) in [5, 5.41) is 8.80. The first kappa shape index (κ1) is 24.2. The van der Waals surface area contributed by atoms with Crippen molar-refractivity contribution in [2.45, 2.75) is 26.3 Å². The summed E-state index contributed by atoms with van der Waals surface area (Å²) in [6.45, 7) is 3.90. The van der Waals surface area contributed by atoms with E-state index in [-0.39, 0.29) is 17.7 Å². The minimum absolute atomic E-state index is 0.0460. The second-order valence-corrected chi connectivity index (χ2v) is 9.96. The first-order valence-electron chi connectivity index (χ1n) is 10.8. The van der Waals surface area contributed by atoms with Crippen LogP contribution in [0, 0.1) is 0 Å². The van der Waals surface area contributed by atoms with E-state index in [4.69, 9.17) is 28.3 Å². The molecule has 0 bridgehead atoms. The lowest BCUT2D eigenvalue weighted by Crippen LogP contribution is -2.24. The maximum absolute atomic E-state index is 12.5. The molecule has 2 heterocycles. The van der Waals surface area contributed by atoms with Crippen LogP contribution in [0.25, 0.3) is 22.5 Å². The lowest BCUT2D eigenvalue weighted by atomic mass is 10.1. The van der Waals surface area contributed by atoms with Crippen LogP contribution >= 0.6 is 34.5 Å². The number of benzene rings is 2. The van der Waals surface area contributed by atoms with Crippen molar-refractivity contribution in [3.63, 3.8) is 0 Å². The highest BCUT2D eigenvalue weighted by atomic mass is 35.5. The summed E-state index contributed by atoms with van der Waals surface area (Å²) in [6.07, 6.45) is 0.324. The van der Waals surface area contributed by atoms with Gasteiger partial charge in [-0.05, 0) is 55.8 Å². The van der Waals surface area contributed by atoms with Crippen LogP contribution in [0.15, 0.2) is 66.7 Å². The predicted molar refractivity (Wildman–Crippen MR) is 139 cm³/mol. The van der Waals surface area contributed by atoms with Gasteiger partial charge in [0.1, 0.15) is 5.78 Å². The SMILES string of the molecule is CC(=O)CCNC(=O)c1ccc(C(C)n2nc(-c3cc(Cl)cc(Cl)c3)cc2-c2ccccc2)s1. The molecule has 2 aromatic carbocycles. The van der Waals surface area contributed by atoms with Crippen molar-refractivity contribution < 1.29 is 9.59 Å². The molecule has 1 N–H and O–H groups in total. The molecule has 0 aliphatic carbocycles. The number of hydrogen-bond donors (Lipinski definition) is 1. The molecule has 1 atom stereocenters. The van der Waals surface area contributed by atoms with Crippen molar-refractivity contribution in [1.29, 1.82) is 0 Å². The third kappa shape index (κ3) is 5.58. The van der Waals surface area contributed by atoms with E-state index in [9.17, 15) is 9.59 Å².